The molecular weight excluding hydrogens is 288 g/mol. The summed E-state index contributed by atoms with van der Waals surface area (Å²) in [6.07, 6.45) is 2.25. The van der Waals surface area contributed by atoms with Crippen molar-refractivity contribution >= 4 is 17.7 Å². The van der Waals surface area contributed by atoms with Crippen LogP contribution in [-0.2, 0) is 9.53 Å². The number of rotatable bonds is 4. The number of anilines is 1. The zero-order valence-electron chi connectivity index (χ0n) is 12.1. The molecule has 0 aliphatic carbocycles. The third-order valence-electron chi connectivity index (χ3n) is 3.36. The summed E-state index contributed by atoms with van der Waals surface area (Å²) in [5.41, 5.74) is 0.677. The molecule has 1 aromatic rings. The van der Waals surface area contributed by atoms with Gasteiger partial charge in [-0.15, -0.1) is 0 Å². The summed E-state index contributed by atoms with van der Waals surface area (Å²) in [5, 5.41) is 2.69. The van der Waals surface area contributed by atoms with Crippen molar-refractivity contribution in [2.75, 3.05) is 24.8 Å². The van der Waals surface area contributed by atoms with Gasteiger partial charge in [0.15, 0.2) is 11.5 Å². The second-order valence-corrected chi connectivity index (χ2v) is 4.90. The number of ether oxygens (including phenoxy) is 3. The lowest BCUT2D eigenvalue weighted by atomic mass is 10.2. The molecule has 2 heterocycles. The Bertz CT molecular complexity index is 628. The molecule has 116 valence electrons. The molecule has 3 rings (SSSR count). The third-order valence-corrected chi connectivity index (χ3v) is 3.36. The molecule has 0 aromatic heterocycles. The van der Waals surface area contributed by atoms with Crippen LogP contribution in [0, 0.1) is 0 Å². The van der Waals surface area contributed by atoms with E-state index in [9.17, 15) is 9.59 Å². The van der Waals surface area contributed by atoms with Crippen LogP contribution in [0.2, 0.25) is 0 Å². The minimum Gasteiger partial charge on any atom is -0.454 e. The molecule has 0 saturated carbocycles. The molecule has 2 aliphatic heterocycles. The molecule has 7 heteroatoms. The Morgan fingerprint density at radius 2 is 2.23 bits per heavy atom. The summed E-state index contributed by atoms with van der Waals surface area (Å²) < 4.78 is 15.8. The van der Waals surface area contributed by atoms with Gasteiger partial charge in [0.1, 0.15) is 6.10 Å². The molecule has 2 aliphatic rings. The van der Waals surface area contributed by atoms with E-state index in [0.29, 0.717) is 23.7 Å². The standard InChI is InChI=1S/C15H16N2O5/c1-2-3-14(18)16-7-11-8-17(15(19)22-11)10-4-5-12-13(6-10)21-9-20-12/h2-6,11H,7-9H2,1H3,(H,16,18)/b3-2-/t11-/m1/s1. The number of hydrogen-bond acceptors (Lipinski definition) is 5. The average molecular weight is 304 g/mol. The molecule has 1 atom stereocenters. The molecule has 0 unspecified atom stereocenters. The van der Waals surface area contributed by atoms with Crippen LogP contribution < -0.4 is 19.7 Å². The first kappa shape index (κ1) is 14.2. The van der Waals surface area contributed by atoms with E-state index >= 15 is 0 Å². The second kappa shape index (κ2) is 5.97. The van der Waals surface area contributed by atoms with Crippen molar-refractivity contribution in [3.05, 3.63) is 30.4 Å². The smallest absolute Gasteiger partial charge is 0.414 e. The minimum atomic E-state index is -0.441. The number of carbonyl (C=O) groups is 2. The Hall–Kier alpha value is -2.70. The molecule has 1 N–H and O–H groups in total. The van der Waals surface area contributed by atoms with Crippen LogP contribution in [0.5, 0.6) is 11.5 Å². The number of carbonyl (C=O) groups excluding carboxylic acids is 2. The maximum absolute atomic E-state index is 12.0. The number of cyclic esters (lactones) is 1. The number of fused-ring (bicyclic) bond motifs is 1. The SMILES string of the molecule is C/C=C\C(=O)NC[C@@H]1CN(c2ccc3c(c2)OCO3)C(=O)O1. The van der Waals surface area contributed by atoms with Gasteiger partial charge in [-0.05, 0) is 25.1 Å². The third kappa shape index (κ3) is 2.83. The van der Waals surface area contributed by atoms with E-state index in [1.807, 2.05) is 0 Å². The summed E-state index contributed by atoms with van der Waals surface area (Å²) in [5.74, 6) is 1.06. The zero-order valence-corrected chi connectivity index (χ0v) is 12.1. The molecule has 1 fully saturated rings. The van der Waals surface area contributed by atoms with Gasteiger partial charge in [-0.25, -0.2) is 4.79 Å². The fraction of sp³-hybridized carbons (Fsp3) is 0.333. The van der Waals surface area contributed by atoms with E-state index in [1.165, 1.54) is 11.0 Å². The molecule has 0 bridgehead atoms. The summed E-state index contributed by atoms with van der Waals surface area (Å²) in [4.78, 5) is 24.8. The second-order valence-electron chi connectivity index (χ2n) is 4.90. The van der Waals surface area contributed by atoms with E-state index in [4.69, 9.17) is 14.2 Å². The first-order valence-electron chi connectivity index (χ1n) is 6.95. The highest BCUT2D eigenvalue weighted by Crippen LogP contribution is 2.36. The number of allylic oxidation sites excluding steroid dienone is 1. The normalized spacial score (nSPS) is 19.6. The average Bonchev–Trinajstić information content (AvgIpc) is 3.11. The van der Waals surface area contributed by atoms with Gasteiger partial charge in [-0.3, -0.25) is 9.69 Å². The maximum Gasteiger partial charge on any atom is 0.414 e. The largest absolute Gasteiger partial charge is 0.454 e. The fourth-order valence-corrected chi connectivity index (χ4v) is 2.32. The van der Waals surface area contributed by atoms with Gasteiger partial charge in [-0.2, -0.15) is 0 Å². The van der Waals surface area contributed by atoms with Crippen molar-refractivity contribution in [2.24, 2.45) is 0 Å². The van der Waals surface area contributed by atoms with Gasteiger partial charge >= 0.3 is 6.09 Å². The van der Waals surface area contributed by atoms with E-state index in [2.05, 4.69) is 5.32 Å². The number of amides is 2. The Kier molecular flexibility index (Phi) is 3.86. The van der Waals surface area contributed by atoms with Crippen molar-refractivity contribution in [1.29, 1.82) is 0 Å². The van der Waals surface area contributed by atoms with Crippen molar-refractivity contribution in [2.45, 2.75) is 13.0 Å². The highest BCUT2D eigenvalue weighted by atomic mass is 16.7. The number of nitrogens with one attached hydrogen (secondary N) is 1. The zero-order chi connectivity index (χ0) is 15.5. The van der Waals surface area contributed by atoms with Crippen LogP contribution in [0.3, 0.4) is 0 Å². The molecule has 2 amide bonds. The molecule has 22 heavy (non-hydrogen) atoms. The van der Waals surface area contributed by atoms with Crippen molar-refractivity contribution < 1.29 is 23.8 Å². The minimum absolute atomic E-state index is 0.183. The Labute approximate surface area is 127 Å². The van der Waals surface area contributed by atoms with Crippen molar-refractivity contribution in [1.82, 2.24) is 5.32 Å². The summed E-state index contributed by atoms with van der Waals surface area (Å²) >= 11 is 0. The highest BCUT2D eigenvalue weighted by Gasteiger charge is 2.33. The highest BCUT2D eigenvalue weighted by molar-refractivity contribution is 5.90. The van der Waals surface area contributed by atoms with Crippen LogP contribution in [-0.4, -0.2) is 38.0 Å². The monoisotopic (exact) mass is 304 g/mol. The van der Waals surface area contributed by atoms with Gasteiger partial charge in [0.25, 0.3) is 0 Å². The number of nitrogens with zero attached hydrogens (tertiary/aromatic N) is 1. The number of benzene rings is 1. The van der Waals surface area contributed by atoms with E-state index in [0.717, 1.165) is 0 Å². The lowest BCUT2D eigenvalue weighted by Crippen LogP contribution is -2.33. The predicted octanol–water partition coefficient (Wildman–Crippen LogP) is 1.43. The van der Waals surface area contributed by atoms with Crippen LogP contribution in [0.15, 0.2) is 30.4 Å². The topological polar surface area (TPSA) is 77.1 Å². The van der Waals surface area contributed by atoms with Crippen LogP contribution in [0.4, 0.5) is 10.5 Å². The summed E-state index contributed by atoms with van der Waals surface area (Å²) in [6.45, 7) is 2.59. The van der Waals surface area contributed by atoms with E-state index in [-0.39, 0.29) is 25.3 Å². The first-order valence-corrected chi connectivity index (χ1v) is 6.95. The molecule has 7 nitrogen and oxygen atoms in total. The molecule has 0 spiro atoms. The van der Waals surface area contributed by atoms with E-state index in [1.54, 1.807) is 31.2 Å². The fourth-order valence-electron chi connectivity index (χ4n) is 2.32. The summed E-state index contributed by atoms with van der Waals surface area (Å²) in [7, 11) is 0. The van der Waals surface area contributed by atoms with E-state index < -0.39 is 6.09 Å². The van der Waals surface area contributed by atoms with Gasteiger partial charge in [-0.1, -0.05) is 6.08 Å². The Morgan fingerprint density at radius 3 is 3.05 bits per heavy atom. The van der Waals surface area contributed by atoms with Crippen molar-refractivity contribution in [3.8, 4) is 11.5 Å². The van der Waals surface area contributed by atoms with Gasteiger partial charge < -0.3 is 19.5 Å². The number of hydrogen-bond donors (Lipinski definition) is 1. The predicted molar refractivity (Wildman–Crippen MR) is 78.0 cm³/mol. The Morgan fingerprint density at radius 1 is 1.41 bits per heavy atom. The Balaban J connectivity index is 1.63. The van der Waals surface area contributed by atoms with Crippen LogP contribution in [0.25, 0.3) is 0 Å². The van der Waals surface area contributed by atoms with Crippen LogP contribution >= 0.6 is 0 Å². The molecular formula is C15H16N2O5. The lowest BCUT2D eigenvalue weighted by molar-refractivity contribution is -0.116. The maximum atomic E-state index is 12.0. The summed E-state index contributed by atoms with van der Waals surface area (Å²) in [6, 6.07) is 5.27. The van der Waals surface area contributed by atoms with Gasteiger partial charge in [0.05, 0.1) is 18.8 Å². The van der Waals surface area contributed by atoms with Gasteiger partial charge in [0, 0.05) is 6.07 Å². The first-order chi connectivity index (χ1) is 10.7. The molecule has 0 radical (unpaired) electrons. The van der Waals surface area contributed by atoms with Crippen molar-refractivity contribution in [3.63, 3.8) is 0 Å². The molecule has 1 saturated heterocycles. The quantitative estimate of drug-likeness (QED) is 0.852. The molecule has 1 aromatic carbocycles. The lowest BCUT2D eigenvalue weighted by Gasteiger charge is -2.13. The van der Waals surface area contributed by atoms with Gasteiger partial charge in [0.2, 0.25) is 12.7 Å². The van der Waals surface area contributed by atoms with Crippen LogP contribution in [0.1, 0.15) is 6.92 Å².